The fraction of sp³-hybridized carbons (Fsp3) is 0.778. The molecule has 4 N–H and O–H groups in total. The highest BCUT2D eigenvalue weighted by molar-refractivity contribution is 6.14. The number of carbonyl (C=O) groups excluding carboxylic acids is 2. The Morgan fingerprint density at radius 3 is 1.11 bits per heavy atom. The second-order valence-corrected chi connectivity index (χ2v) is 9.24. The monoisotopic (exact) mass is 406 g/mol. The molecule has 0 bridgehead atoms. The lowest BCUT2D eigenvalue weighted by atomic mass is 9.81. The Morgan fingerprint density at radius 2 is 0.929 bits per heavy atom. The van der Waals surface area contributed by atoms with E-state index in [9.17, 15) is 39.6 Å². The maximum atomic E-state index is 12.6. The van der Waals surface area contributed by atoms with E-state index in [1.807, 2.05) is 0 Å². The molecule has 28 heavy (non-hydrogen) atoms. The van der Waals surface area contributed by atoms with Crippen molar-refractivity contribution >= 4 is 23.5 Å². The van der Waals surface area contributed by atoms with Gasteiger partial charge in [0.1, 0.15) is 37.1 Å². The summed E-state index contributed by atoms with van der Waals surface area (Å²) >= 11 is 0. The number of nitrogens with zero attached hydrogens (tertiary/aromatic N) is 2. The summed E-state index contributed by atoms with van der Waals surface area (Å²) in [6.45, 7) is 0.986. The molecule has 0 spiro atoms. The summed E-state index contributed by atoms with van der Waals surface area (Å²) in [7, 11) is 10.2. The number of quaternary nitrogens is 2. The van der Waals surface area contributed by atoms with E-state index in [0.29, 0.717) is 0 Å². The Kier molecular flexibility index (Phi) is 8.91. The van der Waals surface area contributed by atoms with Crippen molar-refractivity contribution in [3.63, 3.8) is 0 Å². The van der Waals surface area contributed by atoms with Crippen molar-refractivity contribution < 1.29 is 48.6 Å². The number of aliphatic carboxylic acids is 2. The fourth-order valence-corrected chi connectivity index (χ4v) is 2.96. The number of likely N-dealkylation sites (N-methyl/N-ethyl adjacent to an activating group) is 2. The van der Waals surface area contributed by atoms with E-state index in [0.717, 1.165) is 6.92 Å². The molecule has 0 aliphatic rings. The summed E-state index contributed by atoms with van der Waals surface area (Å²) in [5, 5.41) is 39.2. The first-order valence-corrected chi connectivity index (χ1v) is 8.89. The Morgan fingerprint density at radius 1 is 0.679 bits per heavy atom. The van der Waals surface area contributed by atoms with Gasteiger partial charge in [0.15, 0.2) is 11.6 Å². The summed E-state index contributed by atoms with van der Waals surface area (Å²) in [6, 6.07) is 0. The molecule has 0 saturated carbocycles. The topological polar surface area (TPSA) is 149 Å². The zero-order valence-corrected chi connectivity index (χ0v) is 17.6. The van der Waals surface area contributed by atoms with Gasteiger partial charge in [-0.05, 0) is 6.92 Å². The third-order valence-corrected chi connectivity index (χ3v) is 4.24. The van der Waals surface area contributed by atoms with Gasteiger partial charge in [-0.3, -0.25) is 19.2 Å². The molecule has 162 valence electrons. The lowest BCUT2D eigenvalue weighted by Crippen LogP contribution is -2.52. The minimum Gasteiger partial charge on any atom is -0.481 e. The van der Waals surface area contributed by atoms with Crippen LogP contribution >= 0.6 is 0 Å². The highest BCUT2D eigenvalue weighted by Gasteiger charge is 2.45. The van der Waals surface area contributed by atoms with Crippen LogP contribution in [-0.2, 0) is 19.2 Å². The molecule has 10 heteroatoms. The van der Waals surface area contributed by atoms with Crippen molar-refractivity contribution in [2.45, 2.75) is 19.1 Å². The first-order valence-electron chi connectivity index (χ1n) is 8.89. The van der Waals surface area contributed by atoms with Gasteiger partial charge in [0.25, 0.3) is 0 Å². The average Bonchev–Trinajstić information content (AvgIpc) is 2.41. The van der Waals surface area contributed by atoms with Gasteiger partial charge >= 0.3 is 11.9 Å². The summed E-state index contributed by atoms with van der Waals surface area (Å²) in [5.74, 6) is -10.7. The van der Waals surface area contributed by atoms with Crippen LogP contribution in [0.4, 0.5) is 0 Å². The van der Waals surface area contributed by atoms with Crippen molar-refractivity contribution in [1.82, 2.24) is 0 Å². The maximum Gasteiger partial charge on any atom is 0.316 e. The van der Waals surface area contributed by atoms with Crippen LogP contribution < -0.4 is 0 Å². The van der Waals surface area contributed by atoms with E-state index in [2.05, 4.69) is 0 Å². The minimum absolute atomic E-state index is 0.0594. The largest absolute Gasteiger partial charge is 0.481 e. The van der Waals surface area contributed by atoms with Gasteiger partial charge in [-0.1, -0.05) is 0 Å². The number of aliphatic hydroxyl groups is 2. The molecule has 0 amide bonds. The smallest absolute Gasteiger partial charge is 0.316 e. The van der Waals surface area contributed by atoms with E-state index < -0.39 is 53.5 Å². The van der Waals surface area contributed by atoms with Crippen molar-refractivity contribution in [1.29, 1.82) is 0 Å². The first-order chi connectivity index (χ1) is 12.4. The normalized spacial score (nSPS) is 17.9. The van der Waals surface area contributed by atoms with Gasteiger partial charge in [-0.25, -0.2) is 0 Å². The molecule has 0 aromatic rings. The van der Waals surface area contributed by atoms with Crippen LogP contribution in [0.1, 0.15) is 6.92 Å². The number of carboxylic acids is 2. The van der Waals surface area contributed by atoms with Crippen LogP contribution in [-0.4, -0.2) is 120 Å². The SMILES string of the molecule is CC(C(=O)C(C(=O)O)C(O)C[N+](C)(C)C)C(=O)C(C(=O)O)C(O)C[N+](C)(C)C. The summed E-state index contributed by atoms with van der Waals surface area (Å²) < 4.78 is 0.362. The predicted molar refractivity (Wildman–Crippen MR) is 99.2 cm³/mol. The molecule has 4 atom stereocenters. The van der Waals surface area contributed by atoms with Crippen LogP contribution in [0.5, 0.6) is 0 Å². The Labute approximate surface area is 165 Å². The molecule has 4 unspecified atom stereocenters. The number of carboxylic acid groups (broad SMARTS) is 2. The number of carbonyl (C=O) groups is 4. The lowest BCUT2D eigenvalue weighted by molar-refractivity contribution is -0.873. The summed E-state index contributed by atoms with van der Waals surface area (Å²) in [4.78, 5) is 48.4. The highest BCUT2D eigenvalue weighted by atomic mass is 16.4. The zero-order valence-electron chi connectivity index (χ0n) is 17.6. The van der Waals surface area contributed by atoms with Gasteiger partial charge in [-0.2, -0.15) is 0 Å². The van der Waals surface area contributed by atoms with E-state index in [4.69, 9.17) is 0 Å². The highest BCUT2D eigenvalue weighted by Crippen LogP contribution is 2.21. The molecule has 0 rings (SSSR count). The predicted octanol–water partition coefficient (Wildman–Crippen LogP) is -1.70. The van der Waals surface area contributed by atoms with Gasteiger partial charge in [0, 0.05) is 0 Å². The number of rotatable bonds is 12. The number of aliphatic hydroxyl groups excluding tert-OH is 2. The van der Waals surface area contributed by atoms with Crippen LogP contribution in [0, 0.1) is 17.8 Å². The summed E-state index contributed by atoms with van der Waals surface area (Å²) in [6.07, 6.45) is -3.11. The van der Waals surface area contributed by atoms with Crippen molar-refractivity contribution in [3.05, 3.63) is 0 Å². The second-order valence-electron chi connectivity index (χ2n) is 9.24. The minimum atomic E-state index is -1.87. The molecule has 0 heterocycles. The second kappa shape index (κ2) is 9.55. The quantitative estimate of drug-likeness (QED) is 0.221. The van der Waals surface area contributed by atoms with Crippen LogP contribution in [0.3, 0.4) is 0 Å². The average molecular weight is 406 g/mol. The Hall–Kier alpha value is -1.88. The maximum absolute atomic E-state index is 12.6. The molecular formula is C18H34N2O8+2. The van der Waals surface area contributed by atoms with Gasteiger partial charge in [-0.15, -0.1) is 0 Å². The fourth-order valence-electron chi connectivity index (χ4n) is 2.96. The number of Topliss-reactive ketones (excluding diaryl/α,β-unsaturated/α-hetero) is 2. The molecule has 0 aromatic heterocycles. The van der Waals surface area contributed by atoms with Crippen molar-refractivity contribution in [3.8, 4) is 0 Å². The van der Waals surface area contributed by atoms with Gasteiger partial charge in [0.2, 0.25) is 0 Å². The van der Waals surface area contributed by atoms with E-state index in [1.54, 1.807) is 42.3 Å². The zero-order chi connectivity index (χ0) is 22.6. The van der Waals surface area contributed by atoms with Crippen LogP contribution in [0.2, 0.25) is 0 Å². The molecule has 0 radical (unpaired) electrons. The lowest BCUT2D eigenvalue weighted by Gasteiger charge is -2.31. The molecular weight excluding hydrogens is 372 g/mol. The van der Waals surface area contributed by atoms with E-state index in [-0.39, 0.29) is 22.1 Å². The molecule has 0 saturated heterocycles. The van der Waals surface area contributed by atoms with Crippen LogP contribution in [0.25, 0.3) is 0 Å². The van der Waals surface area contributed by atoms with Crippen LogP contribution in [0.15, 0.2) is 0 Å². The molecule has 0 fully saturated rings. The number of ketones is 2. The van der Waals surface area contributed by atoms with Crippen molar-refractivity contribution in [2.75, 3.05) is 55.4 Å². The summed E-state index contributed by atoms with van der Waals surface area (Å²) in [5.41, 5.74) is 0. The molecule has 0 aliphatic heterocycles. The number of hydrogen-bond acceptors (Lipinski definition) is 6. The van der Waals surface area contributed by atoms with Gasteiger partial charge in [0.05, 0.1) is 48.2 Å². The third kappa shape index (κ3) is 8.01. The molecule has 0 aliphatic carbocycles. The Bertz CT molecular complexity index is 554. The molecule has 10 nitrogen and oxygen atoms in total. The third-order valence-electron chi connectivity index (χ3n) is 4.24. The standard InChI is InChI=1S/C18H32N2O8/c1-10(15(23)13(17(25)26)11(21)8-19(2,3)4)16(24)14(18(27)28)12(22)9-20(5,6)7/h10-14,21-22H,8-9H2,1-7H3/p+2. The van der Waals surface area contributed by atoms with E-state index in [1.165, 1.54) is 0 Å². The molecule has 0 aromatic carbocycles. The number of hydrogen-bond donors (Lipinski definition) is 4. The van der Waals surface area contributed by atoms with Crippen molar-refractivity contribution in [2.24, 2.45) is 17.8 Å². The van der Waals surface area contributed by atoms with E-state index >= 15 is 0 Å². The van der Waals surface area contributed by atoms with Gasteiger partial charge < -0.3 is 29.4 Å². The first kappa shape index (κ1) is 26.1. The Balaban J connectivity index is 5.65.